The molecule has 0 aromatic carbocycles. The van der Waals surface area contributed by atoms with E-state index in [0.717, 1.165) is 25.2 Å². The molecule has 0 saturated carbocycles. The second-order valence-corrected chi connectivity index (χ2v) is 4.81. The van der Waals surface area contributed by atoms with Crippen LogP contribution in [0.1, 0.15) is 36.3 Å². The highest BCUT2D eigenvalue weighted by atomic mass is 15.3. The number of pyridine rings is 1. The van der Waals surface area contributed by atoms with E-state index in [1.54, 1.807) is 6.33 Å². The third-order valence-electron chi connectivity index (χ3n) is 3.13. The van der Waals surface area contributed by atoms with Gasteiger partial charge in [0, 0.05) is 31.9 Å². The summed E-state index contributed by atoms with van der Waals surface area (Å²) in [4.78, 5) is 8.59. The van der Waals surface area contributed by atoms with E-state index in [1.165, 1.54) is 11.1 Å². The van der Waals surface area contributed by atoms with Crippen molar-refractivity contribution in [2.45, 2.75) is 32.7 Å². The van der Waals surface area contributed by atoms with E-state index >= 15 is 0 Å². The summed E-state index contributed by atoms with van der Waals surface area (Å²) in [6.45, 7) is 5.22. The number of aromatic nitrogens is 4. The van der Waals surface area contributed by atoms with Gasteiger partial charge in [0.1, 0.15) is 12.2 Å². The van der Waals surface area contributed by atoms with E-state index in [1.807, 2.05) is 24.1 Å². The van der Waals surface area contributed by atoms with Crippen molar-refractivity contribution in [3.8, 4) is 0 Å². The molecule has 0 aliphatic rings. The minimum atomic E-state index is 0.232. The van der Waals surface area contributed by atoms with E-state index in [9.17, 15) is 0 Å². The maximum Gasteiger partial charge on any atom is 0.138 e. The van der Waals surface area contributed by atoms with E-state index in [4.69, 9.17) is 0 Å². The third-order valence-corrected chi connectivity index (χ3v) is 3.13. The number of rotatable bonds is 6. The summed E-state index contributed by atoms with van der Waals surface area (Å²) in [5, 5.41) is 7.68. The van der Waals surface area contributed by atoms with Gasteiger partial charge in [0.2, 0.25) is 0 Å². The molecular formula is C14H21N5. The van der Waals surface area contributed by atoms with Gasteiger partial charge >= 0.3 is 0 Å². The minimum Gasteiger partial charge on any atom is -0.310 e. The molecule has 0 amide bonds. The van der Waals surface area contributed by atoms with Crippen molar-refractivity contribution in [3.63, 3.8) is 0 Å². The Morgan fingerprint density at radius 2 is 2.21 bits per heavy atom. The van der Waals surface area contributed by atoms with Crippen molar-refractivity contribution in [1.82, 2.24) is 25.1 Å². The zero-order valence-corrected chi connectivity index (χ0v) is 11.8. The maximum absolute atomic E-state index is 4.30. The fourth-order valence-corrected chi connectivity index (χ4v) is 2.08. The summed E-state index contributed by atoms with van der Waals surface area (Å²) in [5.74, 6) is 0.982. The molecule has 5 nitrogen and oxygen atoms in total. The standard InChI is InChI=1S/C14H21N5/c1-4-5-16-13(7-14-17-10-18-19(14)3)12-6-11(2)8-15-9-12/h6,8-10,13,16H,4-5,7H2,1-3H3. The van der Waals surface area contributed by atoms with Crippen LogP contribution in [-0.4, -0.2) is 26.3 Å². The highest BCUT2D eigenvalue weighted by Crippen LogP contribution is 2.17. The lowest BCUT2D eigenvalue weighted by molar-refractivity contribution is 0.505. The van der Waals surface area contributed by atoms with Crippen LogP contribution in [0.3, 0.4) is 0 Å². The van der Waals surface area contributed by atoms with Gasteiger partial charge in [-0.3, -0.25) is 9.67 Å². The molecule has 2 rings (SSSR count). The van der Waals surface area contributed by atoms with Crippen molar-refractivity contribution in [1.29, 1.82) is 0 Å². The molecule has 1 atom stereocenters. The zero-order chi connectivity index (χ0) is 13.7. The minimum absolute atomic E-state index is 0.232. The van der Waals surface area contributed by atoms with Gasteiger partial charge in [-0.2, -0.15) is 5.10 Å². The van der Waals surface area contributed by atoms with Crippen LogP contribution in [0, 0.1) is 6.92 Å². The van der Waals surface area contributed by atoms with E-state index < -0.39 is 0 Å². The largest absolute Gasteiger partial charge is 0.310 e. The zero-order valence-electron chi connectivity index (χ0n) is 11.8. The third kappa shape index (κ3) is 3.61. The van der Waals surface area contributed by atoms with Gasteiger partial charge in [-0.1, -0.05) is 13.0 Å². The first-order valence-electron chi connectivity index (χ1n) is 6.68. The molecule has 0 aliphatic carbocycles. The molecule has 0 fully saturated rings. The Hall–Kier alpha value is -1.75. The number of hydrogen-bond acceptors (Lipinski definition) is 4. The lowest BCUT2D eigenvalue weighted by Crippen LogP contribution is -2.25. The molecule has 0 spiro atoms. The average molecular weight is 259 g/mol. The molecule has 2 aromatic rings. The van der Waals surface area contributed by atoms with Gasteiger partial charge in [-0.05, 0) is 31.0 Å². The van der Waals surface area contributed by atoms with Crippen molar-refractivity contribution in [2.75, 3.05) is 6.54 Å². The highest BCUT2D eigenvalue weighted by molar-refractivity contribution is 5.21. The number of nitrogens with zero attached hydrogens (tertiary/aromatic N) is 4. The van der Waals surface area contributed by atoms with Crippen LogP contribution in [0.2, 0.25) is 0 Å². The summed E-state index contributed by atoms with van der Waals surface area (Å²) in [5.41, 5.74) is 2.38. The predicted octanol–water partition coefficient (Wildman–Crippen LogP) is 1.80. The summed E-state index contributed by atoms with van der Waals surface area (Å²) in [6, 6.07) is 2.41. The first-order valence-corrected chi connectivity index (χ1v) is 6.68. The molecule has 0 saturated heterocycles. The smallest absolute Gasteiger partial charge is 0.138 e. The van der Waals surface area contributed by atoms with E-state index in [-0.39, 0.29) is 6.04 Å². The van der Waals surface area contributed by atoms with Gasteiger partial charge < -0.3 is 5.32 Å². The fourth-order valence-electron chi connectivity index (χ4n) is 2.08. The molecule has 19 heavy (non-hydrogen) atoms. The topological polar surface area (TPSA) is 55.6 Å². The van der Waals surface area contributed by atoms with Crippen molar-refractivity contribution in [3.05, 3.63) is 41.7 Å². The van der Waals surface area contributed by atoms with Crippen LogP contribution < -0.4 is 5.32 Å². The molecule has 1 unspecified atom stereocenters. The Kier molecular flexibility index (Phi) is 4.63. The molecule has 0 radical (unpaired) electrons. The molecular weight excluding hydrogens is 238 g/mol. The molecule has 0 bridgehead atoms. The first kappa shape index (κ1) is 13.7. The summed E-state index contributed by atoms with van der Waals surface area (Å²) >= 11 is 0. The van der Waals surface area contributed by atoms with Crippen molar-refractivity contribution in [2.24, 2.45) is 7.05 Å². The summed E-state index contributed by atoms with van der Waals surface area (Å²) in [6.07, 6.45) is 7.33. The van der Waals surface area contributed by atoms with Crippen molar-refractivity contribution < 1.29 is 0 Å². The lowest BCUT2D eigenvalue weighted by Gasteiger charge is -2.18. The van der Waals surface area contributed by atoms with E-state index in [2.05, 4.69) is 40.3 Å². The molecule has 5 heteroatoms. The van der Waals surface area contributed by atoms with Crippen LogP contribution in [0.15, 0.2) is 24.8 Å². The number of nitrogens with one attached hydrogen (secondary N) is 1. The van der Waals surface area contributed by atoms with Crippen LogP contribution in [0.4, 0.5) is 0 Å². The molecule has 102 valence electrons. The molecule has 1 N–H and O–H groups in total. The second-order valence-electron chi connectivity index (χ2n) is 4.81. The number of hydrogen-bond donors (Lipinski definition) is 1. The first-order chi connectivity index (χ1) is 9.20. The van der Waals surface area contributed by atoms with Crippen LogP contribution >= 0.6 is 0 Å². The Labute approximate surface area is 114 Å². The highest BCUT2D eigenvalue weighted by Gasteiger charge is 2.14. The fraction of sp³-hybridized carbons (Fsp3) is 0.500. The van der Waals surface area contributed by atoms with Crippen LogP contribution in [0.5, 0.6) is 0 Å². The molecule has 2 heterocycles. The Bertz CT molecular complexity index is 520. The SMILES string of the molecule is CCCNC(Cc1ncnn1C)c1cncc(C)c1. The predicted molar refractivity (Wildman–Crippen MR) is 74.7 cm³/mol. The normalized spacial score (nSPS) is 12.6. The van der Waals surface area contributed by atoms with Crippen LogP contribution in [0.25, 0.3) is 0 Å². The Morgan fingerprint density at radius 3 is 2.84 bits per heavy atom. The van der Waals surface area contributed by atoms with Gasteiger partial charge in [0.15, 0.2) is 0 Å². The summed E-state index contributed by atoms with van der Waals surface area (Å²) in [7, 11) is 1.92. The Balaban J connectivity index is 2.18. The van der Waals surface area contributed by atoms with Crippen LogP contribution in [-0.2, 0) is 13.5 Å². The lowest BCUT2D eigenvalue weighted by atomic mass is 10.0. The van der Waals surface area contributed by atoms with Gasteiger partial charge in [-0.15, -0.1) is 0 Å². The maximum atomic E-state index is 4.30. The Morgan fingerprint density at radius 1 is 1.37 bits per heavy atom. The second kappa shape index (κ2) is 6.43. The van der Waals surface area contributed by atoms with Gasteiger partial charge in [0.05, 0.1) is 0 Å². The monoisotopic (exact) mass is 259 g/mol. The molecule has 0 aliphatic heterocycles. The van der Waals surface area contributed by atoms with Gasteiger partial charge in [-0.25, -0.2) is 4.98 Å². The average Bonchev–Trinajstić information content (AvgIpc) is 2.80. The summed E-state index contributed by atoms with van der Waals surface area (Å²) < 4.78 is 1.82. The van der Waals surface area contributed by atoms with E-state index in [0.29, 0.717) is 0 Å². The quantitative estimate of drug-likeness (QED) is 0.859. The van der Waals surface area contributed by atoms with Gasteiger partial charge in [0.25, 0.3) is 0 Å². The number of aryl methyl sites for hydroxylation is 2. The molecule has 2 aromatic heterocycles. The van der Waals surface area contributed by atoms with Crippen molar-refractivity contribution >= 4 is 0 Å².